The highest BCUT2D eigenvalue weighted by Gasteiger charge is 2.48. The van der Waals surface area contributed by atoms with Crippen molar-refractivity contribution in [3.05, 3.63) is 52.1 Å². The van der Waals surface area contributed by atoms with Gasteiger partial charge in [0.25, 0.3) is 0 Å². The van der Waals surface area contributed by atoms with Crippen LogP contribution >= 0.6 is 0 Å². The van der Waals surface area contributed by atoms with Crippen molar-refractivity contribution in [1.29, 1.82) is 0 Å². The monoisotopic (exact) mass is 702 g/mol. The molecular weight excluding hydrogens is 661 g/mol. The first-order valence-electron chi connectivity index (χ1n) is 14.4. The lowest BCUT2D eigenvalue weighted by Crippen LogP contribution is -2.28. The molecule has 0 fully saturated rings. The molecule has 0 atom stereocenters. The number of hydrogen-bond donors (Lipinski definition) is 0. The Morgan fingerprint density at radius 2 is 1.25 bits per heavy atom. The number of esters is 2. The molecule has 2 aromatic rings. The molecule has 0 amide bonds. The zero-order valence-corrected chi connectivity index (χ0v) is 29.0. The van der Waals surface area contributed by atoms with E-state index in [1.807, 2.05) is 26.8 Å². The molecule has 2 rings (SSSR count). The molecule has 0 aliphatic rings. The lowest BCUT2D eigenvalue weighted by atomic mass is 10.0. The third-order valence-corrected chi connectivity index (χ3v) is 6.28. The molecule has 266 valence electrons. The van der Waals surface area contributed by atoms with Gasteiger partial charge in [-0.2, -0.15) is 21.6 Å². The van der Waals surface area contributed by atoms with Crippen molar-refractivity contribution < 1.29 is 63.8 Å². The number of terminal acetylenes is 1. The SMILES string of the molecule is C#CCC.CCC#Cc1cc(C)c(C(=O)OCC)c(OCOC)c1.CCOC(=O)c1c(C)cc(OS(=O)(=O)C(F)(F)F)cc1OCOC. The Morgan fingerprint density at radius 3 is 1.65 bits per heavy atom. The Kier molecular flexibility index (Phi) is 20.1. The number of benzene rings is 2. The van der Waals surface area contributed by atoms with E-state index in [0.29, 0.717) is 17.9 Å². The number of halogens is 3. The fraction of sp³-hybridized carbons (Fsp3) is 0.455. The molecule has 48 heavy (non-hydrogen) atoms. The van der Waals surface area contributed by atoms with Gasteiger partial charge >= 0.3 is 27.6 Å². The summed E-state index contributed by atoms with van der Waals surface area (Å²) in [6.07, 6.45) is 6.40. The van der Waals surface area contributed by atoms with Crippen molar-refractivity contribution in [3.63, 3.8) is 0 Å². The summed E-state index contributed by atoms with van der Waals surface area (Å²) in [5, 5.41) is 0. The predicted octanol–water partition coefficient (Wildman–Crippen LogP) is 6.33. The molecule has 0 N–H and O–H groups in total. The van der Waals surface area contributed by atoms with Gasteiger partial charge in [-0.05, 0) is 57.0 Å². The highest BCUT2D eigenvalue weighted by atomic mass is 32.2. The maximum Gasteiger partial charge on any atom is 0.534 e. The van der Waals surface area contributed by atoms with E-state index < -0.39 is 33.3 Å². The van der Waals surface area contributed by atoms with Gasteiger partial charge in [0.05, 0.1) is 13.2 Å². The molecular formula is C33H41F3O11S. The first-order chi connectivity index (χ1) is 22.6. The Morgan fingerprint density at radius 1 is 0.792 bits per heavy atom. The second-order valence-corrected chi connectivity index (χ2v) is 10.6. The van der Waals surface area contributed by atoms with Gasteiger partial charge in [0.15, 0.2) is 13.6 Å². The van der Waals surface area contributed by atoms with Crippen molar-refractivity contribution in [2.75, 3.05) is 41.0 Å². The molecule has 15 heteroatoms. The molecule has 0 unspecified atom stereocenters. The minimum atomic E-state index is -5.85. The second kappa shape index (κ2) is 22.2. The fourth-order valence-electron chi connectivity index (χ4n) is 3.36. The summed E-state index contributed by atoms with van der Waals surface area (Å²) in [5.74, 6) is 6.81. The van der Waals surface area contributed by atoms with E-state index in [2.05, 4.69) is 26.7 Å². The standard InChI is InChI=1S/C16H20O4.C13H15F3O7S.C4H6/c1-5-7-8-13-9-12(3)15(16(17)19-6-2)14(10-13)20-11-18-4;1-4-21-12(17)11-8(2)5-9(6-10(11)22-7-20-3)23-24(18,19)13(14,15)16;1-3-4-2/h9-10H,5-6,11H2,1-4H3;5-6H,4,7H2,1-3H3;1H,4H2,2H3. The number of hydrogen-bond acceptors (Lipinski definition) is 11. The van der Waals surface area contributed by atoms with Crippen LogP contribution in [-0.2, 0) is 29.1 Å². The third-order valence-electron chi connectivity index (χ3n) is 5.30. The fourth-order valence-corrected chi connectivity index (χ4v) is 3.81. The molecule has 0 aromatic heterocycles. The molecule has 0 aliphatic carbocycles. The van der Waals surface area contributed by atoms with Gasteiger partial charge in [-0.25, -0.2) is 9.59 Å². The molecule has 0 bridgehead atoms. The second-order valence-electron chi connectivity index (χ2n) is 9.02. The topological polar surface area (TPSA) is 133 Å². The summed E-state index contributed by atoms with van der Waals surface area (Å²) in [6.45, 7) is 10.6. The van der Waals surface area contributed by atoms with Crippen molar-refractivity contribution in [1.82, 2.24) is 0 Å². The van der Waals surface area contributed by atoms with Crippen LogP contribution in [-0.4, -0.2) is 66.9 Å². The Labute approximate surface area is 280 Å². The summed E-state index contributed by atoms with van der Waals surface area (Å²) in [5.41, 5.74) is -3.55. The number of methoxy groups -OCH3 is 2. The molecule has 0 saturated heterocycles. The summed E-state index contributed by atoms with van der Waals surface area (Å²) in [6, 6.07) is 5.38. The summed E-state index contributed by atoms with van der Waals surface area (Å²) in [7, 11) is -3.04. The van der Waals surface area contributed by atoms with Crippen LogP contribution in [0.1, 0.15) is 77.9 Å². The summed E-state index contributed by atoms with van der Waals surface area (Å²) < 4.78 is 93.4. The van der Waals surface area contributed by atoms with Crippen LogP contribution in [0, 0.1) is 38.0 Å². The molecule has 0 heterocycles. The minimum Gasteiger partial charge on any atom is -0.467 e. The smallest absolute Gasteiger partial charge is 0.467 e. The molecule has 2 aromatic carbocycles. The normalized spacial score (nSPS) is 10.4. The Hall–Kier alpha value is -4.44. The predicted molar refractivity (Wildman–Crippen MR) is 171 cm³/mol. The average Bonchev–Trinajstić information content (AvgIpc) is 3.01. The van der Waals surface area contributed by atoms with E-state index in [1.54, 1.807) is 19.9 Å². The van der Waals surface area contributed by atoms with Gasteiger partial charge in [0.2, 0.25) is 0 Å². The van der Waals surface area contributed by atoms with Crippen LogP contribution in [0.5, 0.6) is 17.2 Å². The molecule has 0 saturated carbocycles. The number of carbonyl (C=O) groups excluding carboxylic acids is 2. The summed E-state index contributed by atoms with van der Waals surface area (Å²) >= 11 is 0. The zero-order valence-electron chi connectivity index (χ0n) is 28.2. The Balaban J connectivity index is 0.000000838. The van der Waals surface area contributed by atoms with Crippen molar-refractivity contribution >= 4 is 22.1 Å². The lowest BCUT2D eigenvalue weighted by molar-refractivity contribution is -0.0500. The van der Waals surface area contributed by atoms with Gasteiger partial charge < -0.3 is 32.6 Å². The highest BCUT2D eigenvalue weighted by Crippen LogP contribution is 2.33. The van der Waals surface area contributed by atoms with Gasteiger partial charge in [-0.3, -0.25) is 0 Å². The van der Waals surface area contributed by atoms with Crippen LogP contribution in [0.4, 0.5) is 13.2 Å². The molecule has 0 spiro atoms. The number of ether oxygens (including phenoxy) is 6. The highest BCUT2D eigenvalue weighted by molar-refractivity contribution is 7.88. The minimum absolute atomic E-state index is 0.0582. The molecule has 0 radical (unpaired) electrons. The van der Waals surface area contributed by atoms with Crippen LogP contribution in [0.2, 0.25) is 0 Å². The van der Waals surface area contributed by atoms with Gasteiger partial charge in [-0.15, -0.1) is 12.3 Å². The van der Waals surface area contributed by atoms with E-state index >= 15 is 0 Å². The maximum absolute atomic E-state index is 12.4. The summed E-state index contributed by atoms with van der Waals surface area (Å²) in [4.78, 5) is 23.9. The van der Waals surface area contributed by atoms with E-state index in [9.17, 15) is 31.2 Å². The number of alkyl halides is 3. The lowest BCUT2D eigenvalue weighted by Gasteiger charge is -2.15. The number of carbonyl (C=O) groups is 2. The van der Waals surface area contributed by atoms with Crippen molar-refractivity contribution in [2.45, 2.75) is 59.9 Å². The number of aryl methyl sites for hydroxylation is 2. The molecule has 11 nitrogen and oxygen atoms in total. The third kappa shape index (κ3) is 14.5. The van der Waals surface area contributed by atoms with E-state index in [0.717, 1.165) is 36.1 Å². The van der Waals surface area contributed by atoms with E-state index in [4.69, 9.17) is 30.1 Å². The number of rotatable bonds is 12. The van der Waals surface area contributed by atoms with Gasteiger partial charge in [0.1, 0.15) is 28.4 Å². The first kappa shape index (κ1) is 43.6. The van der Waals surface area contributed by atoms with Crippen LogP contribution < -0.4 is 13.7 Å². The van der Waals surface area contributed by atoms with Crippen molar-refractivity contribution in [3.8, 4) is 41.4 Å². The average molecular weight is 703 g/mol. The van der Waals surface area contributed by atoms with Crippen LogP contribution in [0.3, 0.4) is 0 Å². The zero-order chi connectivity index (χ0) is 36.9. The largest absolute Gasteiger partial charge is 0.534 e. The first-order valence-corrected chi connectivity index (χ1v) is 15.8. The van der Waals surface area contributed by atoms with Crippen molar-refractivity contribution in [2.24, 2.45) is 0 Å². The van der Waals surface area contributed by atoms with Crippen LogP contribution in [0.25, 0.3) is 0 Å². The van der Waals surface area contributed by atoms with Gasteiger partial charge in [-0.1, -0.05) is 25.7 Å². The Bertz CT molecular complexity index is 1550. The van der Waals surface area contributed by atoms with E-state index in [-0.39, 0.29) is 37.1 Å². The maximum atomic E-state index is 12.4. The quantitative estimate of drug-likeness (QED) is 0.0808. The van der Waals surface area contributed by atoms with Crippen LogP contribution in [0.15, 0.2) is 24.3 Å². The van der Waals surface area contributed by atoms with E-state index in [1.165, 1.54) is 21.1 Å². The van der Waals surface area contributed by atoms with Gasteiger partial charge in [0, 0.05) is 38.7 Å². The molecule has 0 aliphatic heterocycles.